The van der Waals surface area contributed by atoms with Crippen molar-refractivity contribution in [2.24, 2.45) is 5.92 Å². The zero-order valence-electron chi connectivity index (χ0n) is 13.8. The number of ether oxygens (including phenoxy) is 2. The monoisotopic (exact) mass is 352 g/mol. The quantitative estimate of drug-likeness (QED) is 0.863. The number of benzene rings is 1. The molecule has 6 nitrogen and oxygen atoms in total. The molecular weight excluding hydrogens is 328 g/mol. The second kappa shape index (κ2) is 6.29. The Morgan fingerprint density at radius 3 is 2.79 bits per heavy atom. The summed E-state index contributed by atoms with van der Waals surface area (Å²) >= 11 is 0. The minimum absolute atomic E-state index is 0.0773. The van der Waals surface area contributed by atoms with Gasteiger partial charge in [0.15, 0.2) is 0 Å². The topological polar surface area (TPSA) is 67.9 Å². The number of para-hydroxylation sites is 1. The lowest BCUT2D eigenvalue weighted by Gasteiger charge is -2.35. The van der Waals surface area contributed by atoms with E-state index in [-0.39, 0.29) is 10.9 Å². The summed E-state index contributed by atoms with van der Waals surface area (Å²) in [4.78, 5) is 2.59. The van der Waals surface area contributed by atoms with E-state index in [2.05, 4.69) is 9.62 Å². The molecule has 3 aliphatic rings. The highest BCUT2D eigenvalue weighted by atomic mass is 32.2. The van der Waals surface area contributed by atoms with Gasteiger partial charge in [-0.15, -0.1) is 0 Å². The van der Waals surface area contributed by atoms with Crippen LogP contribution in [0.1, 0.15) is 19.3 Å². The molecule has 0 spiro atoms. The van der Waals surface area contributed by atoms with Crippen molar-refractivity contribution in [3.8, 4) is 5.75 Å². The fourth-order valence-corrected chi connectivity index (χ4v) is 5.27. The van der Waals surface area contributed by atoms with Gasteiger partial charge in [0.2, 0.25) is 10.0 Å². The number of rotatable bonds is 5. The maximum Gasteiger partial charge on any atom is 0.244 e. The van der Waals surface area contributed by atoms with Gasteiger partial charge in [-0.25, -0.2) is 13.1 Å². The summed E-state index contributed by atoms with van der Waals surface area (Å²) in [5.41, 5.74) is 0. The molecule has 4 rings (SSSR count). The van der Waals surface area contributed by atoms with Crippen LogP contribution in [0.4, 0.5) is 0 Å². The Morgan fingerprint density at radius 1 is 1.25 bits per heavy atom. The molecule has 2 aliphatic heterocycles. The molecule has 0 radical (unpaired) electrons. The first kappa shape index (κ1) is 16.3. The van der Waals surface area contributed by atoms with E-state index in [4.69, 9.17) is 9.47 Å². The number of nitrogens with zero attached hydrogens (tertiary/aromatic N) is 1. The molecule has 1 aromatic rings. The van der Waals surface area contributed by atoms with Crippen LogP contribution in [0.5, 0.6) is 5.75 Å². The highest BCUT2D eigenvalue weighted by Crippen LogP contribution is 2.38. The van der Waals surface area contributed by atoms with Gasteiger partial charge in [-0.3, -0.25) is 4.90 Å². The summed E-state index contributed by atoms with van der Waals surface area (Å²) < 4.78 is 39.5. The summed E-state index contributed by atoms with van der Waals surface area (Å²) in [5.74, 6) is 1.09. The van der Waals surface area contributed by atoms with Crippen molar-refractivity contribution in [2.75, 3.05) is 26.8 Å². The van der Waals surface area contributed by atoms with E-state index in [1.807, 2.05) is 0 Å². The maximum absolute atomic E-state index is 12.7. The molecule has 0 aromatic heterocycles. The predicted molar refractivity (Wildman–Crippen MR) is 89.5 cm³/mol. The van der Waals surface area contributed by atoms with Crippen molar-refractivity contribution < 1.29 is 17.9 Å². The maximum atomic E-state index is 12.7. The lowest BCUT2D eigenvalue weighted by Crippen LogP contribution is -2.47. The molecule has 3 fully saturated rings. The van der Waals surface area contributed by atoms with Crippen LogP contribution in [0.2, 0.25) is 0 Å². The molecule has 1 aromatic carbocycles. The molecule has 0 unspecified atom stereocenters. The molecular formula is C17H24N2O4S. The number of sulfonamides is 1. The average molecular weight is 352 g/mol. The fraction of sp³-hybridized carbons (Fsp3) is 0.647. The molecule has 2 heterocycles. The van der Waals surface area contributed by atoms with E-state index in [1.54, 1.807) is 24.3 Å². The van der Waals surface area contributed by atoms with E-state index in [9.17, 15) is 8.42 Å². The fourth-order valence-electron chi connectivity index (χ4n) is 3.86. The van der Waals surface area contributed by atoms with Gasteiger partial charge < -0.3 is 9.47 Å². The Bertz CT molecular complexity index is 704. The highest BCUT2D eigenvalue weighted by Gasteiger charge is 2.43. The molecule has 0 bridgehead atoms. The minimum atomic E-state index is -3.59. The van der Waals surface area contributed by atoms with Crippen LogP contribution in [0, 0.1) is 5.92 Å². The molecule has 0 amide bonds. The van der Waals surface area contributed by atoms with Gasteiger partial charge >= 0.3 is 0 Å². The second-order valence-electron chi connectivity index (χ2n) is 7.02. The Kier molecular flexibility index (Phi) is 4.28. The van der Waals surface area contributed by atoms with Gasteiger partial charge in [0.1, 0.15) is 10.6 Å². The SMILES string of the molecule is COc1ccccc1S(=O)(=O)N[C@H]1C[C@H]2CO[C@@H](C3CC3)CN2C1. The Hall–Kier alpha value is -1.15. The van der Waals surface area contributed by atoms with Gasteiger partial charge in [0, 0.05) is 25.2 Å². The standard InChI is InChI=1S/C17H24N2O4S/c1-22-15-4-2-3-5-17(15)24(20,21)18-13-8-14-11-23-16(12-6-7-12)10-19(14)9-13/h2-5,12-14,16,18H,6-11H2,1H3/t13-,14-,16+/m0/s1. The van der Waals surface area contributed by atoms with Crippen LogP contribution in [-0.2, 0) is 14.8 Å². The summed E-state index contributed by atoms with van der Waals surface area (Å²) in [5, 5.41) is 0. The van der Waals surface area contributed by atoms with Crippen LogP contribution in [-0.4, -0.2) is 58.3 Å². The van der Waals surface area contributed by atoms with Crippen LogP contribution < -0.4 is 9.46 Å². The molecule has 3 atom stereocenters. The molecule has 24 heavy (non-hydrogen) atoms. The normalized spacial score (nSPS) is 31.0. The third-order valence-corrected chi connectivity index (χ3v) is 6.83. The van der Waals surface area contributed by atoms with Crippen molar-refractivity contribution in [3.63, 3.8) is 0 Å². The minimum Gasteiger partial charge on any atom is -0.495 e. The van der Waals surface area contributed by atoms with Crippen molar-refractivity contribution in [2.45, 2.75) is 42.3 Å². The van der Waals surface area contributed by atoms with Gasteiger partial charge in [-0.05, 0) is 37.3 Å². The highest BCUT2D eigenvalue weighted by molar-refractivity contribution is 7.89. The van der Waals surface area contributed by atoms with Crippen LogP contribution in [0.15, 0.2) is 29.2 Å². The lowest BCUT2D eigenvalue weighted by molar-refractivity contribution is -0.0581. The van der Waals surface area contributed by atoms with E-state index in [0.29, 0.717) is 24.5 Å². The molecule has 1 aliphatic carbocycles. The Labute approximate surface area is 143 Å². The number of morpholine rings is 1. The Balaban J connectivity index is 1.44. The van der Waals surface area contributed by atoms with Gasteiger partial charge in [-0.2, -0.15) is 0 Å². The van der Waals surface area contributed by atoms with Gasteiger partial charge in [-0.1, -0.05) is 12.1 Å². The van der Waals surface area contributed by atoms with E-state index < -0.39 is 10.0 Å². The van der Waals surface area contributed by atoms with E-state index in [1.165, 1.54) is 20.0 Å². The Morgan fingerprint density at radius 2 is 2.04 bits per heavy atom. The second-order valence-corrected chi connectivity index (χ2v) is 8.70. The lowest BCUT2D eigenvalue weighted by atomic mass is 10.1. The van der Waals surface area contributed by atoms with Crippen LogP contribution in [0.3, 0.4) is 0 Å². The van der Waals surface area contributed by atoms with Crippen LogP contribution in [0.25, 0.3) is 0 Å². The predicted octanol–water partition coefficient (Wildman–Crippen LogP) is 1.23. The molecule has 7 heteroatoms. The summed E-state index contributed by atoms with van der Waals surface area (Å²) in [6.07, 6.45) is 3.68. The molecule has 2 saturated heterocycles. The molecule has 1 N–H and O–H groups in total. The third-order valence-electron chi connectivity index (χ3n) is 5.27. The number of fused-ring (bicyclic) bond motifs is 1. The summed E-state index contributed by atoms with van der Waals surface area (Å²) in [7, 11) is -2.10. The zero-order chi connectivity index (χ0) is 16.7. The average Bonchev–Trinajstić information content (AvgIpc) is 3.35. The summed E-state index contributed by atoms with van der Waals surface area (Å²) in [6.45, 7) is 2.40. The van der Waals surface area contributed by atoms with Crippen molar-refractivity contribution in [1.82, 2.24) is 9.62 Å². The molecule has 1 saturated carbocycles. The number of hydrogen-bond donors (Lipinski definition) is 1. The first-order valence-electron chi connectivity index (χ1n) is 8.58. The van der Waals surface area contributed by atoms with E-state index >= 15 is 0 Å². The first-order chi connectivity index (χ1) is 11.6. The number of hydrogen-bond acceptors (Lipinski definition) is 5. The van der Waals surface area contributed by atoms with E-state index in [0.717, 1.165) is 25.4 Å². The molecule has 132 valence electrons. The first-order valence-corrected chi connectivity index (χ1v) is 10.1. The van der Waals surface area contributed by atoms with Crippen molar-refractivity contribution in [3.05, 3.63) is 24.3 Å². The summed E-state index contributed by atoms with van der Waals surface area (Å²) in [6, 6.07) is 6.97. The smallest absolute Gasteiger partial charge is 0.244 e. The van der Waals surface area contributed by atoms with Crippen molar-refractivity contribution in [1.29, 1.82) is 0 Å². The zero-order valence-corrected chi connectivity index (χ0v) is 14.7. The van der Waals surface area contributed by atoms with Crippen molar-refractivity contribution >= 4 is 10.0 Å². The third kappa shape index (κ3) is 3.18. The van der Waals surface area contributed by atoms with Crippen LogP contribution >= 0.6 is 0 Å². The number of nitrogens with one attached hydrogen (secondary N) is 1. The number of methoxy groups -OCH3 is 1. The largest absolute Gasteiger partial charge is 0.495 e. The van der Waals surface area contributed by atoms with Gasteiger partial charge in [0.25, 0.3) is 0 Å². The van der Waals surface area contributed by atoms with Gasteiger partial charge in [0.05, 0.1) is 19.8 Å².